The normalized spacial score (nSPS) is 17.8. The van der Waals surface area contributed by atoms with Crippen LogP contribution >= 0.6 is 15.9 Å². The van der Waals surface area contributed by atoms with Crippen LogP contribution in [0.15, 0.2) is 0 Å². The van der Waals surface area contributed by atoms with Crippen molar-refractivity contribution in [3.05, 3.63) is 0 Å². The summed E-state index contributed by atoms with van der Waals surface area (Å²) in [6.45, 7) is 1.67. The van der Waals surface area contributed by atoms with E-state index in [4.69, 9.17) is 4.74 Å². The predicted octanol–water partition coefficient (Wildman–Crippen LogP) is 2.15. The smallest absolute Gasteiger partial charge is 0.328 e. The van der Waals surface area contributed by atoms with E-state index < -0.39 is 6.04 Å². The maximum absolute atomic E-state index is 11.7. The van der Waals surface area contributed by atoms with Crippen molar-refractivity contribution >= 4 is 27.8 Å². The van der Waals surface area contributed by atoms with E-state index in [1.54, 1.807) is 6.92 Å². The van der Waals surface area contributed by atoms with Crippen molar-refractivity contribution in [2.45, 2.75) is 57.6 Å². The fourth-order valence-electron chi connectivity index (χ4n) is 1.87. The van der Waals surface area contributed by atoms with E-state index in [-0.39, 0.29) is 18.0 Å². The molecule has 0 bridgehead atoms. The number of carbonyl (C=O) groups excluding carboxylic acids is 2. The van der Waals surface area contributed by atoms with Gasteiger partial charge in [-0.25, -0.2) is 4.79 Å². The summed E-state index contributed by atoms with van der Waals surface area (Å²) in [5.41, 5.74) is 0. The van der Waals surface area contributed by atoms with Crippen molar-refractivity contribution in [2.75, 3.05) is 5.33 Å². The molecular formula is C12H20BrNO3. The van der Waals surface area contributed by atoms with Gasteiger partial charge in [-0.05, 0) is 39.0 Å². The van der Waals surface area contributed by atoms with Crippen molar-refractivity contribution in [1.82, 2.24) is 5.32 Å². The topological polar surface area (TPSA) is 55.4 Å². The molecule has 0 aliphatic heterocycles. The molecular weight excluding hydrogens is 286 g/mol. The minimum absolute atomic E-state index is 0.0596. The number of alkyl halides is 1. The zero-order valence-corrected chi connectivity index (χ0v) is 11.8. The second kappa shape index (κ2) is 7.69. The lowest BCUT2D eigenvalue weighted by Gasteiger charge is -2.16. The first-order chi connectivity index (χ1) is 8.13. The van der Waals surface area contributed by atoms with Gasteiger partial charge in [-0.1, -0.05) is 15.9 Å². The first kappa shape index (κ1) is 14.5. The first-order valence-corrected chi connectivity index (χ1v) is 7.31. The highest BCUT2D eigenvalue weighted by molar-refractivity contribution is 9.09. The third kappa shape index (κ3) is 5.52. The second-order valence-corrected chi connectivity index (χ2v) is 5.22. The molecule has 0 aromatic rings. The Balaban J connectivity index is 2.23. The summed E-state index contributed by atoms with van der Waals surface area (Å²) in [6.07, 6.45) is 5.44. The molecule has 5 heteroatoms. The lowest BCUT2D eigenvalue weighted by Crippen LogP contribution is -2.40. The molecule has 0 saturated heterocycles. The standard InChI is InChI=1S/C12H20BrNO3/c1-9(14-11(15)7-4-8-13)12(16)17-10-5-2-3-6-10/h9-10H,2-8H2,1H3,(H,14,15)/t9-/m0/s1. The van der Waals surface area contributed by atoms with Gasteiger partial charge in [-0.2, -0.15) is 0 Å². The highest BCUT2D eigenvalue weighted by Crippen LogP contribution is 2.21. The fraction of sp³-hybridized carbons (Fsp3) is 0.833. The minimum Gasteiger partial charge on any atom is -0.461 e. The average molecular weight is 306 g/mol. The molecule has 1 fully saturated rings. The fourth-order valence-corrected chi connectivity index (χ4v) is 2.15. The summed E-state index contributed by atoms with van der Waals surface area (Å²) < 4.78 is 5.32. The zero-order valence-electron chi connectivity index (χ0n) is 10.2. The molecule has 1 aliphatic carbocycles. The van der Waals surface area contributed by atoms with E-state index >= 15 is 0 Å². The van der Waals surface area contributed by atoms with E-state index in [1.807, 2.05) is 0 Å². The third-order valence-electron chi connectivity index (χ3n) is 2.85. The lowest BCUT2D eigenvalue weighted by atomic mass is 10.2. The van der Waals surface area contributed by atoms with Crippen LogP contribution in [0.2, 0.25) is 0 Å². The molecule has 1 amide bonds. The summed E-state index contributed by atoms with van der Waals surface area (Å²) >= 11 is 3.26. The molecule has 0 unspecified atom stereocenters. The van der Waals surface area contributed by atoms with Crippen LogP contribution in [0.3, 0.4) is 0 Å². The van der Waals surface area contributed by atoms with E-state index in [1.165, 1.54) is 0 Å². The molecule has 4 nitrogen and oxygen atoms in total. The van der Waals surface area contributed by atoms with Crippen molar-refractivity contribution in [1.29, 1.82) is 0 Å². The van der Waals surface area contributed by atoms with Crippen molar-refractivity contribution < 1.29 is 14.3 Å². The van der Waals surface area contributed by atoms with Gasteiger partial charge in [0.05, 0.1) is 0 Å². The third-order valence-corrected chi connectivity index (χ3v) is 3.41. The molecule has 0 aromatic heterocycles. The Bertz CT molecular complexity index is 264. The van der Waals surface area contributed by atoms with Crippen molar-refractivity contribution in [2.24, 2.45) is 0 Å². The van der Waals surface area contributed by atoms with Gasteiger partial charge in [-0.3, -0.25) is 4.79 Å². The van der Waals surface area contributed by atoms with Crippen LogP contribution in [0.5, 0.6) is 0 Å². The summed E-state index contributed by atoms with van der Waals surface area (Å²) in [6, 6.07) is -0.543. The Hall–Kier alpha value is -0.580. The number of halogens is 1. The number of hydrogen-bond donors (Lipinski definition) is 1. The number of amides is 1. The van der Waals surface area contributed by atoms with Crippen molar-refractivity contribution in [3.63, 3.8) is 0 Å². The van der Waals surface area contributed by atoms with Gasteiger partial charge in [0.15, 0.2) is 0 Å². The van der Waals surface area contributed by atoms with E-state index in [9.17, 15) is 9.59 Å². The van der Waals surface area contributed by atoms with Crippen LogP contribution in [0.1, 0.15) is 45.4 Å². The monoisotopic (exact) mass is 305 g/mol. The maximum Gasteiger partial charge on any atom is 0.328 e. The van der Waals surface area contributed by atoms with Gasteiger partial charge in [0.25, 0.3) is 0 Å². The van der Waals surface area contributed by atoms with E-state index in [0.29, 0.717) is 6.42 Å². The molecule has 1 N–H and O–H groups in total. The molecule has 98 valence electrons. The average Bonchev–Trinajstić information content (AvgIpc) is 2.78. The Morgan fingerprint density at radius 1 is 1.41 bits per heavy atom. The Morgan fingerprint density at radius 3 is 2.65 bits per heavy atom. The van der Waals surface area contributed by atoms with Gasteiger partial charge < -0.3 is 10.1 Å². The number of esters is 1. The molecule has 0 aromatic carbocycles. The highest BCUT2D eigenvalue weighted by atomic mass is 79.9. The van der Waals surface area contributed by atoms with E-state index in [2.05, 4.69) is 21.2 Å². The quantitative estimate of drug-likeness (QED) is 0.604. The summed E-state index contributed by atoms with van der Waals surface area (Å²) in [5.74, 6) is -0.413. The van der Waals surface area contributed by atoms with E-state index in [0.717, 1.165) is 37.4 Å². The molecule has 1 atom stereocenters. The van der Waals surface area contributed by atoms with Gasteiger partial charge in [-0.15, -0.1) is 0 Å². The molecule has 0 radical (unpaired) electrons. The van der Waals surface area contributed by atoms with Crippen LogP contribution < -0.4 is 5.32 Å². The Labute approximate surface area is 111 Å². The maximum atomic E-state index is 11.7. The molecule has 1 rings (SSSR count). The first-order valence-electron chi connectivity index (χ1n) is 6.19. The van der Waals surface area contributed by atoms with Crippen LogP contribution in [-0.4, -0.2) is 29.4 Å². The van der Waals surface area contributed by atoms with Crippen molar-refractivity contribution in [3.8, 4) is 0 Å². The molecule has 0 heterocycles. The number of nitrogens with one attached hydrogen (secondary N) is 1. The number of ether oxygens (including phenoxy) is 1. The van der Waals surface area contributed by atoms with Crippen LogP contribution in [0.25, 0.3) is 0 Å². The van der Waals surface area contributed by atoms with Gasteiger partial charge in [0.1, 0.15) is 12.1 Å². The molecule has 0 spiro atoms. The molecule has 17 heavy (non-hydrogen) atoms. The van der Waals surface area contributed by atoms with Gasteiger partial charge >= 0.3 is 5.97 Å². The molecule has 1 saturated carbocycles. The Morgan fingerprint density at radius 2 is 2.06 bits per heavy atom. The van der Waals surface area contributed by atoms with Crippen LogP contribution in [0, 0.1) is 0 Å². The number of hydrogen-bond acceptors (Lipinski definition) is 3. The molecule has 1 aliphatic rings. The second-order valence-electron chi connectivity index (χ2n) is 4.43. The highest BCUT2D eigenvalue weighted by Gasteiger charge is 2.23. The van der Waals surface area contributed by atoms with Crippen LogP contribution in [0.4, 0.5) is 0 Å². The van der Waals surface area contributed by atoms with Gasteiger partial charge in [0.2, 0.25) is 5.91 Å². The zero-order chi connectivity index (χ0) is 12.7. The summed E-state index contributed by atoms with van der Waals surface area (Å²) in [4.78, 5) is 23.1. The Kier molecular flexibility index (Phi) is 6.55. The largest absolute Gasteiger partial charge is 0.461 e. The lowest BCUT2D eigenvalue weighted by molar-refractivity contribution is -0.152. The SMILES string of the molecule is C[C@H](NC(=O)CCCBr)C(=O)OC1CCCC1. The summed E-state index contributed by atoms with van der Waals surface area (Å²) in [7, 11) is 0. The predicted molar refractivity (Wildman–Crippen MR) is 69.0 cm³/mol. The van der Waals surface area contributed by atoms with Crippen LogP contribution in [-0.2, 0) is 14.3 Å². The minimum atomic E-state index is -0.543. The number of rotatable bonds is 6. The number of carbonyl (C=O) groups is 2. The van der Waals surface area contributed by atoms with Gasteiger partial charge in [0, 0.05) is 11.8 Å². The summed E-state index contributed by atoms with van der Waals surface area (Å²) in [5, 5.41) is 3.45.